The van der Waals surface area contributed by atoms with Gasteiger partial charge in [0.1, 0.15) is 6.10 Å². The van der Waals surface area contributed by atoms with Crippen LogP contribution in [0.3, 0.4) is 0 Å². The molecule has 0 radical (unpaired) electrons. The van der Waals surface area contributed by atoms with Crippen molar-refractivity contribution in [3.8, 4) is 17.0 Å². The van der Waals surface area contributed by atoms with Gasteiger partial charge in [0.25, 0.3) is 0 Å². The van der Waals surface area contributed by atoms with Crippen molar-refractivity contribution in [1.29, 1.82) is 0 Å². The van der Waals surface area contributed by atoms with E-state index in [0.29, 0.717) is 17.2 Å². The van der Waals surface area contributed by atoms with Crippen LogP contribution < -0.4 is 15.0 Å². The molecule has 0 aliphatic carbocycles. The lowest BCUT2D eigenvalue weighted by Gasteiger charge is -2.18. The fraction of sp³-hybridized carbons (Fsp3) is 0.391. The SMILES string of the molecule is CC(C)NC(=O)N(C)c1cnc2ccc(-c3ccc(OC4CCN(C)C4)nc3)cc2n1. The van der Waals surface area contributed by atoms with Gasteiger partial charge in [0, 0.05) is 44.0 Å². The van der Waals surface area contributed by atoms with Gasteiger partial charge in [0.05, 0.1) is 17.2 Å². The summed E-state index contributed by atoms with van der Waals surface area (Å²) in [5, 5.41) is 2.86. The lowest BCUT2D eigenvalue weighted by Crippen LogP contribution is -2.41. The van der Waals surface area contributed by atoms with Gasteiger partial charge in [-0.05, 0) is 51.1 Å². The highest BCUT2D eigenvalue weighted by molar-refractivity contribution is 5.91. The minimum Gasteiger partial charge on any atom is -0.473 e. The summed E-state index contributed by atoms with van der Waals surface area (Å²) in [4.78, 5) is 29.6. The van der Waals surface area contributed by atoms with E-state index in [1.165, 1.54) is 4.90 Å². The molecule has 31 heavy (non-hydrogen) atoms. The molecule has 1 aliphatic rings. The Bertz CT molecular complexity index is 1070. The van der Waals surface area contributed by atoms with E-state index in [-0.39, 0.29) is 18.2 Å². The van der Waals surface area contributed by atoms with Crippen molar-refractivity contribution >= 4 is 22.9 Å². The number of likely N-dealkylation sites (N-methyl/N-ethyl adjacent to an activating group) is 1. The van der Waals surface area contributed by atoms with Crippen LogP contribution in [0.2, 0.25) is 0 Å². The van der Waals surface area contributed by atoms with Gasteiger partial charge in [-0.15, -0.1) is 0 Å². The largest absolute Gasteiger partial charge is 0.473 e. The van der Waals surface area contributed by atoms with Crippen molar-refractivity contribution < 1.29 is 9.53 Å². The maximum Gasteiger partial charge on any atom is 0.323 e. The fourth-order valence-electron chi connectivity index (χ4n) is 3.57. The molecule has 1 atom stereocenters. The lowest BCUT2D eigenvalue weighted by atomic mass is 10.1. The van der Waals surface area contributed by atoms with Crippen molar-refractivity contribution in [2.75, 3.05) is 32.1 Å². The standard InChI is InChI=1S/C23H28N6O2/c1-15(2)26-23(30)29(4)21-13-24-19-7-5-16(11-20(19)27-21)17-6-8-22(25-12-17)31-18-9-10-28(3)14-18/h5-8,11-13,15,18H,9-10,14H2,1-4H3,(H,26,30). The number of fused-ring (bicyclic) bond motifs is 1. The quantitative estimate of drug-likeness (QED) is 0.682. The Labute approximate surface area is 182 Å². The zero-order valence-corrected chi connectivity index (χ0v) is 18.4. The van der Waals surface area contributed by atoms with Crippen molar-refractivity contribution in [2.24, 2.45) is 0 Å². The van der Waals surface area contributed by atoms with E-state index in [1.807, 2.05) is 50.4 Å². The van der Waals surface area contributed by atoms with Crippen LogP contribution in [0.4, 0.5) is 10.6 Å². The summed E-state index contributed by atoms with van der Waals surface area (Å²) in [5.41, 5.74) is 3.43. The van der Waals surface area contributed by atoms with Crippen LogP contribution in [-0.4, -0.2) is 65.2 Å². The molecule has 162 valence electrons. The van der Waals surface area contributed by atoms with E-state index < -0.39 is 0 Å². The molecule has 1 N–H and O–H groups in total. The molecule has 0 saturated carbocycles. The van der Waals surface area contributed by atoms with Crippen molar-refractivity contribution in [2.45, 2.75) is 32.4 Å². The number of hydrogen-bond acceptors (Lipinski definition) is 6. The molecule has 2 aromatic heterocycles. The van der Waals surface area contributed by atoms with E-state index in [4.69, 9.17) is 4.74 Å². The summed E-state index contributed by atoms with van der Waals surface area (Å²) < 4.78 is 5.98. The summed E-state index contributed by atoms with van der Waals surface area (Å²) in [6.07, 6.45) is 4.64. The summed E-state index contributed by atoms with van der Waals surface area (Å²) in [6, 6.07) is 9.62. The first-order chi connectivity index (χ1) is 14.9. The molecule has 1 unspecified atom stereocenters. The number of pyridine rings is 1. The first kappa shape index (κ1) is 21.0. The lowest BCUT2D eigenvalue weighted by molar-refractivity contribution is 0.200. The molecule has 2 amide bonds. The zero-order valence-electron chi connectivity index (χ0n) is 18.4. The average Bonchev–Trinajstić information content (AvgIpc) is 3.17. The van der Waals surface area contributed by atoms with Gasteiger partial charge in [-0.3, -0.25) is 9.88 Å². The third-order valence-corrected chi connectivity index (χ3v) is 5.30. The second-order valence-electron chi connectivity index (χ2n) is 8.27. The third-order valence-electron chi connectivity index (χ3n) is 5.30. The molecule has 0 bridgehead atoms. The number of carbonyl (C=O) groups excluding carboxylic acids is 1. The molecular weight excluding hydrogens is 392 g/mol. The van der Waals surface area contributed by atoms with Gasteiger partial charge >= 0.3 is 6.03 Å². The number of nitrogens with one attached hydrogen (secondary N) is 1. The Balaban J connectivity index is 1.53. The third kappa shape index (κ3) is 4.91. The Morgan fingerprint density at radius 1 is 1.16 bits per heavy atom. The molecule has 3 aromatic rings. The van der Waals surface area contributed by atoms with Gasteiger partial charge in [-0.2, -0.15) is 0 Å². The van der Waals surface area contributed by atoms with Crippen LogP contribution in [0.5, 0.6) is 5.88 Å². The number of anilines is 1. The molecule has 1 aromatic carbocycles. The van der Waals surface area contributed by atoms with E-state index in [9.17, 15) is 4.79 Å². The number of aromatic nitrogens is 3. The monoisotopic (exact) mass is 420 g/mol. The molecule has 4 rings (SSSR count). The highest BCUT2D eigenvalue weighted by atomic mass is 16.5. The highest BCUT2D eigenvalue weighted by Crippen LogP contribution is 2.25. The van der Waals surface area contributed by atoms with E-state index in [1.54, 1.807) is 13.2 Å². The highest BCUT2D eigenvalue weighted by Gasteiger charge is 2.21. The van der Waals surface area contributed by atoms with Crippen molar-refractivity contribution in [3.63, 3.8) is 0 Å². The topological polar surface area (TPSA) is 83.5 Å². The molecule has 3 heterocycles. The summed E-state index contributed by atoms with van der Waals surface area (Å²) in [6.45, 7) is 5.82. The number of rotatable bonds is 5. The Hall–Kier alpha value is -3.26. The Morgan fingerprint density at radius 3 is 2.65 bits per heavy atom. The number of nitrogens with zero attached hydrogens (tertiary/aromatic N) is 5. The van der Waals surface area contributed by atoms with Crippen molar-refractivity contribution in [1.82, 2.24) is 25.2 Å². The van der Waals surface area contributed by atoms with Crippen LogP contribution in [0, 0.1) is 0 Å². The normalized spacial score (nSPS) is 16.6. The summed E-state index contributed by atoms with van der Waals surface area (Å²) in [7, 11) is 3.78. The number of urea groups is 1. The van der Waals surface area contributed by atoms with Crippen LogP contribution in [0.1, 0.15) is 20.3 Å². The van der Waals surface area contributed by atoms with E-state index >= 15 is 0 Å². The van der Waals surface area contributed by atoms with Crippen LogP contribution in [-0.2, 0) is 0 Å². The second kappa shape index (κ2) is 8.85. The second-order valence-corrected chi connectivity index (χ2v) is 8.27. The first-order valence-corrected chi connectivity index (χ1v) is 10.5. The predicted octanol–water partition coefficient (Wildman–Crippen LogP) is 3.33. The first-order valence-electron chi connectivity index (χ1n) is 10.5. The predicted molar refractivity (Wildman–Crippen MR) is 121 cm³/mol. The molecule has 0 spiro atoms. The van der Waals surface area contributed by atoms with Crippen LogP contribution in [0.25, 0.3) is 22.2 Å². The summed E-state index contributed by atoms with van der Waals surface area (Å²) >= 11 is 0. The Kier molecular flexibility index (Phi) is 5.99. The van der Waals surface area contributed by atoms with Gasteiger partial charge in [0.15, 0.2) is 5.82 Å². The smallest absolute Gasteiger partial charge is 0.323 e. The van der Waals surface area contributed by atoms with E-state index in [2.05, 4.69) is 32.2 Å². The molecule has 8 heteroatoms. The molecule has 8 nitrogen and oxygen atoms in total. The van der Waals surface area contributed by atoms with Crippen molar-refractivity contribution in [3.05, 3.63) is 42.7 Å². The summed E-state index contributed by atoms with van der Waals surface area (Å²) in [5.74, 6) is 1.14. The number of carbonyl (C=O) groups is 1. The van der Waals surface area contributed by atoms with Gasteiger partial charge in [-0.25, -0.2) is 14.8 Å². The maximum atomic E-state index is 12.3. The molecule has 1 saturated heterocycles. The zero-order chi connectivity index (χ0) is 22.0. The number of ether oxygens (including phenoxy) is 1. The number of amides is 2. The minimum absolute atomic E-state index is 0.0454. The van der Waals surface area contributed by atoms with Gasteiger partial charge in [0.2, 0.25) is 5.88 Å². The minimum atomic E-state index is -0.215. The van der Waals surface area contributed by atoms with Gasteiger partial charge in [-0.1, -0.05) is 6.07 Å². The van der Waals surface area contributed by atoms with E-state index in [0.717, 1.165) is 36.2 Å². The average molecular weight is 421 g/mol. The van der Waals surface area contributed by atoms with Gasteiger partial charge < -0.3 is 15.0 Å². The fourth-order valence-corrected chi connectivity index (χ4v) is 3.57. The van der Waals surface area contributed by atoms with Crippen LogP contribution in [0.15, 0.2) is 42.7 Å². The number of benzene rings is 1. The Morgan fingerprint density at radius 2 is 1.97 bits per heavy atom. The molecular formula is C23H28N6O2. The number of likely N-dealkylation sites (tertiary alicyclic amines) is 1. The maximum absolute atomic E-state index is 12.3. The molecule has 1 aliphatic heterocycles. The molecule has 1 fully saturated rings. The van der Waals surface area contributed by atoms with Crippen LogP contribution >= 0.6 is 0 Å². The number of hydrogen-bond donors (Lipinski definition) is 1.